The van der Waals surface area contributed by atoms with Gasteiger partial charge in [-0.25, -0.2) is 0 Å². The molecular formula is C15H18N2O5. The minimum Gasteiger partial charge on any atom is -0.481 e. The first-order chi connectivity index (χ1) is 10.4. The molecule has 0 bridgehead atoms. The van der Waals surface area contributed by atoms with Crippen molar-refractivity contribution in [3.05, 3.63) is 39.4 Å². The van der Waals surface area contributed by atoms with Crippen molar-refractivity contribution < 1.29 is 19.6 Å². The molecule has 1 heterocycles. The molecule has 0 atom stereocenters. The lowest BCUT2D eigenvalue weighted by molar-refractivity contribution is -0.385. The van der Waals surface area contributed by atoms with E-state index in [0.29, 0.717) is 31.5 Å². The van der Waals surface area contributed by atoms with Gasteiger partial charge in [-0.1, -0.05) is 12.1 Å². The van der Waals surface area contributed by atoms with Crippen LogP contribution in [0.2, 0.25) is 0 Å². The lowest BCUT2D eigenvalue weighted by atomic mass is 9.93. The summed E-state index contributed by atoms with van der Waals surface area (Å²) in [6.07, 6.45) is 1.32. The molecule has 7 nitrogen and oxygen atoms in total. The minimum atomic E-state index is -0.834. The lowest BCUT2D eigenvalue weighted by Crippen LogP contribution is -2.39. The van der Waals surface area contributed by atoms with E-state index < -0.39 is 10.9 Å². The van der Waals surface area contributed by atoms with E-state index in [1.54, 1.807) is 24.0 Å². The number of amides is 1. The molecule has 0 saturated carbocycles. The van der Waals surface area contributed by atoms with Gasteiger partial charge in [-0.2, -0.15) is 0 Å². The summed E-state index contributed by atoms with van der Waals surface area (Å²) in [6, 6.07) is 4.71. The minimum absolute atomic E-state index is 0.0639. The van der Waals surface area contributed by atoms with Crippen LogP contribution in [0.15, 0.2) is 18.2 Å². The van der Waals surface area contributed by atoms with E-state index in [4.69, 9.17) is 5.11 Å². The summed E-state index contributed by atoms with van der Waals surface area (Å²) in [5.74, 6) is -1.13. The number of piperidine rings is 1. The van der Waals surface area contributed by atoms with Crippen LogP contribution in [0, 0.1) is 23.0 Å². The van der Waals surface area contributed by atoms with E-state index >= 15 is 0 Å². The molecule has 1 N–H and O–H groups in total. The summed E-state index contributed by atoms with van der Waals surface area (Å²) < 4.78 is 0. The maximum absolute atomic E-state index is 12.5. The Hall–Kier alpha value is -2.44. The van der Waals surface area contributed by atoms with E-state index in [9.17, 15) is 19.7 Å². The number of likely N-dealkylation sites (tertiary alicyclic amines) is 1. The Morgan fingerprint density at radius 3 is 2.55 bits per heavy atom. The van der Waals surface area contributed by atoms with Crippen molar-refractivity contribution in [3.63, 3.8) is 0 Å². The van der Waals surface area contributed by atoms with Gasteiger partial charge in [0, 0.05) is 25.1 Å². The summed E-state index contributed by atoms with van der Waals surface area (Å²) in [5.41, 5.74) is 0.401. The highest BCUT2D eigenvalue weighted by molar-refractivity contribution is 5.98. The molecule has 118 valence electrons. The Bertz CT molecular complexity index is 606. The molecule has 1 aliphatic heterocycles. The van der Waals surface area contributed by atoms with Crippen LogP contribution in [0.3, 0.4) is 0 Å². The number of benzene rings is 1. The number of nitro benzene ring substituents is 1. The molecule has 1 aliphatic rings. The van der Waals surface area contributed by atoms with E-state index in [-0.39, 0.29) is 29.5 Å². The van der Waals surface area contributed by atoms with Crippen LogP contribution in [0.25, 0.3) is 0 Å². The van der Waals surface area contributed by atoms with Gasteiger partial charge in [0.05, 0.1) is 4.92 Å². The number of aryl methyl sites for hydroxylation is 1. The number of hydrogen-bond donors (Lipinski definition) is 1. The van der Waals surface area contributed by atoms with E-state index in [1.165, 1.54) is 6.07 Å². The van der Waals surface area contributed by atoms with Gasteiger partial charge in [-0.3, -0.25) is 19.7 Å². The van der Waals surface area contributed by atoms with Crippen LogP contribution >= 0.6 is 0 Å². The number of hydrogen-bond acceptors (Lipinski definition) is 4. The monoisotopic (exact) mass is 306 g/mol. The van der Waals surface area contributed by atoms with Gasteiger partial charge < -0.3 is 10.0 Å². The average molecular weight is 306 g/mol. The topological polar surface area (TPSA) is 101 Å². The van der Waals surface area contributed by atoms with Gasteiger partial charge in [0.2, 0.25) is 0 Å². The van der Waals surface area contributed by atoms with Crippen molar-refractivity contribution >= 4 is 17.6 Å². The number of carbonyl (C=O) groups excluding carboxylic acids is 1. The zero-order chi connectivity index (χ0) is 16.3. The molecule has 7 heteroatoms. The molecule has 0 aromatic heterocycles. The van der Waals surface area contributed by atoms with Gasteiger partial charge in [-0.15, -0.1) is 0 Å². The number of carbonyl (C=O) groups is 2. The van der Waals surface area contributed by atoms with Crippen LogP contribution in [-0.2, 0) is 4.79 Å². The maximum Gasteiger partial charge on any atom is 0.303 e. The third-order valence-electron chi connectivity index (χ3n) is 4.02. The normalized spacial score (nSPS) is 15.6. The fourth-order valence-electron chi connectivity index (χ4n) is 2.83. The highest BCUT2D eigenvalue weighted by atomic mass is 16.6. The third-order valence-corrected chi connectivity index (χ3v) is 4.02. The molecule has 0 spiro atoms. The zero-order valence-electron chi connectivity index (χ0n) is 12.3. The Labute approximate surface area is 127 Å². The molecule has 1 amide bonds. The van der Waals surface area contributed by atoms with E-state index in [0.717, 1.165) is 0 Å². The maximum atomic E-state index is 12.5. The number of para-hydroxylation sites is 1. The summed E-state index contributed by atoms with van der Waals surface area (Å²) >= 11 is 0. The first-order valence-electron chi connectivity index (χ1n) is 7.15. The van der Waals surface area contributed by atoms with Crippen molar-refractivity contribution in [2.45, 2.75) is 26.2 Å². The van der Waals surface area contributed by atoms with Gasteiger partial charge in [-0.05, 0) is 31.7 Å². The number of nitrogens with zero attached hydrogens (tertiary/aromatic N) is 2. The van der Waals surface area contributed by atoms with Crippen LogP contribution in [0.1, 0.15) is 35.2 Å². The van der Waals surface area contributed by atoms with Crippen molar-refractivity contribution in [1.29, 1.82) is 0 Å². The lowest BCUT2D eigenvalue weighted by Gasteiger charge is -2.31. The zero-order valence-corrected chi connectivity index (χ0v) is 12.3. The summed E-state index contributed by atoms with van der Waals surface area (Å²) in [6.45, 7) is 2.47. The van der Waals surface area contributed by atoms with Crippen LogP contribution in [-0.4, -0.2) is 39.9 Å². The molecule has 1 aromatic rings. The highest BCUT2D eigenvalue weighted by Gasteiger charge is 2.29. The Balaban J connectivity index is 2.12. The molecule has 22 heavy (non-hydrogen) atoms. The van der Waals surface area contributed by atoms with E-state index in [2.05, 4.69) is 0 Å². The predicted octanol–water partition coefficient (Wildman–Crippen LogP) is 2.23. The van der Waals surface area contributed by atoms with Crippen molar-refractivity contribution in [2.75, 3.05) is 13.1 Å². The van der Waals surface area contributed by atoms with Crippen molar-refractivity contribution in [2.24, 2.45) is 5.92 Å². The summed E-state index contributed by atoms with van der Waals surface area (Å²) in [7, 11) is 0. The van der Waals surface area contributed by atoms with Gasteiger partial charge >= 0.3 is 5.97 Å². The molecule has 2 rings (SSSR count). The summed E-state index contributed by atoms with van der Waals surface area (Å²) in [4.78, 5) is 35.4. The fraction of sp³-hybridized carbons (Fsp3) is 0.467. The molecule has 1 aromatic carbocycles. The number of carboxylic acid groups (broad SMARTS) is 1. The summed E-state index contributed by atoms with van der Waals surface area (Å²) in [5, 5.41) is 20.0. The van der Waals surface area contributed by atoms with Crippen LogP contribution < -0.4 is 0 Å². The van der Waals surface area contributed by atoms with Crippen LogP contribution in [0.4, 0.5) is 5.69 Å². The second kappa shape index (κ2) is 6.55. The SMILES string of the molecule is Cc1cccc(C(=O)N2CCC(CC(=O)O)CC2)c1[N+](=O)[O-]. The molecule has 0 aliphatic carbocycles. The fourth-order valence-corrected chi connectivity index (χ4v) is 2.83. The average Bonchev–Trinajstić information content (AvgIpc) is 2.46. The number of aliphatic carboxylic acids is 1. The smallest absolute Gasteiger partial charge is 0.303 e. The van der Waals surface area contributed by atoms with E-state index in [1.807, 2.05) is 0 Å². The third kappa shape index (κ3) is 3.41. The molecule has 0 radical (unpaired) electrons. The predicted molar refractivity (Wildman–Crippen MR) is 78.7 cm³/mol. The second-order valence-corrected chi connectivity index (χ2v) is 5.56. The van der Waals surface area contributed by atoms with Crippen LogP contribution in [0.5, 0.6) is 0 Å². The molecule has 0 unspecified atom stereocenters. The number of rotatable bonds is 4. The molecule has 1 saturated heterocycles. The second-order valence-electron chi connectivity index (χ2n) is 5.56. The number of carboxylic acids is 1. The first kappa shape index (κ1) is 15.9. The highest BCUT2D eigenvalue weighted by Crippen LogP contribution is 2.27. The first-order valence-corrected chi connectivity index (χ1v) is 7.15. The van der Waals surface area contributed by atoms with Gasteiger partial charge in [0.15, 0.2) is 0 Å². The Morgan fingerprint density at radius 1 is 1.36 bits per heavy atom. The quantitative estimate of drug-likeness (QED) is 0.679. The standard InChI is InChI=1S/C15H18N2O5/c1-10-3-2-4-12(14(10)17(21)22)15(20)16-7-5-11(6-8-16)9-13(18)19/h2-4,11H,5-9H2,1H3,(H,18,19). The van der Waals surface area contributed by atoms with Gasteiger partial charge in [0.1, 0.15) is 5.56 Å². The van der Waals surface area contributed by atoms with Gasteiger partial charge in [0.25, 0.3) is 11.6 Å². The number of nitro groups is 1. The Kier molecular flexibility index (Phi) is 4.75. The molecule has 1 fully saturated rings. The van der Waals surface area contributed by atoms with Crippen molar-refractivity contribution in [1.82, 2.24) is 4.90 Å². The largest absolute Gasteiger partial charge is 0.481 e. The molecular weight excluding hydrogens is 288 g/mol. The van der Waals surface area contributed by atoms with Crippen molar-refractivity contribution in [3.8, 4) is 0 Å². The Morgan fingerprint density at radius 2 is 2.00 bits per heavy atom.